The number of hydrogen-bond acceptors (Lipinski definition) is 5. The number of carbonyl (C=O) groups is 2. The first-order chi connectivity index (χ1) is 14.2. The predicted octanol–water partition coefficient (Wildman–Crippen LogP) is 3.28. The Morgan fingerprint density at radius 2 is 1.83 bits per heavy atom. The zero-order valence-corrected chi connectivity index (χ0v) is 17.2. The van der Waals surface area contributed by atoms with Crippen LogP contribution in [0.25, 0.3) is 0 Å². The van der Waals surface area contributed by atoms with Crippen LogP contribution in [-0.4, -0.2) is 61.0 Å². The van der Waals surface area contributed by atoms with Crippen molar-refractivity contribution < 1.29 is 18.7 Å². The van der Waals surface area contributed by atoms with Crippen molar-refractivity contribution in [1.82, 2.24) is 9.80 Å². The summed E-state index contributed by atoms with van der Waals surface area (Å²) in [4.78, 5) is 30.8. The van der Waals surface area contributed by atoms with E-state index in [1.807, 2.05) is 29.2 Å². The van der Waals surface area contributed by atoms with Crippen molar-refractivity contribution in [2.24, 2.45) is 5.92 Å². The number of piperidine rings is 1. The Bertz CT molecular complexity index is 832. The molecule has 4 rings (SSSR count). The zero-order chi connectivity index (χ0) is 20.1. The second-order valence-electron chi connectivity index (χ2n) is 7.40. The summed E-state index contributed by atoms with van der Waals surface area (Å²) in [6.45, 7) is 3.59. The van der Waals surface area contributed by atoms with E-state index in [-0.39, 0.29) is 17.7 Å². The lowest BCUT2D eigenvalue weighted by Gasteiger charge is -2.36. The van der Waals surface area contributed by atoms with Crippen LogP contribution >= 0.6 is 11.8 Å². The number of ether oxygens (including phenoxy) is 1. The van der Waals surface area contributed by atoms with E-state index in [1.54, 1.807) is 22.9 Å². The molecule has 2 aliphatic rings. The minimum atomic E-state index is -0.136. The van der Waals surface area contributed by atoms with Crippen molar-refractivity contribution in [3.63, 3.8) is 0 Å². The fourth-order valence-corrected chi connectivity index (χ4v) is 4.76. The number of nitrogens with zero attached hydrogens (tertiary/aromatic N) is 2. The van der Waals surface area contributed by atoms with Crippen LogP contribution in [0.5, 0.6) is 0 Å². The summed E-state index contributed by atoms with van der Waals surface area (Å²) in [6.07, 6.45) is 3.24. The van der Waals surface area contributed by atoms with E-state index in [1.165, 1.54) is 0 Å². The van der Waals surface area contributed by atoms with Crippen molar-refractivity contribution in [1.29, 1.82) is 0 Å². The van der Waals surface area contributed by atoms with Crippen LogP contribution in [0, 0.1) is 5.92 Å². The van der Waals surface area contributed by atoms with Crippen LogP contribution in [0.1, 0.15) is 29.0 Å². The first-order valence-electron chi connectivity index (χ1n) is 10.1. The number of hydrogen-bond donors (Lipinski definition) is 0. The molecule has 0 bridgehead atoms. The lowest BCUT2D eigenvalue weighted by atomic mass is 9.96. The molecule has 0 radical (unpaired) electrons. The third-order valence-corrected chi connectivity index (χ3v) is 6.52. The highest BCUT2D eigenvalue weighted by Gasteiger charge is 2.33. The van der Waals surface area contributed by atoms with Gasteiger partial charge < -0.3 is 19.0 Å². The van der Waals surface area contributed by atoms with Crippen molar-refractivity contribution in [2.45, 2.75) is 23.5 Å². The van der Waals surface area contributed by atoms with E-state index in [9.17, 15) is 9.59 Å². The summed E-state index contributed by atoms with van der Waals surface area (Å²) in [5.74, 6) is 0.963. The summed E-state index contributed by atoms with van der Waals surface area (Å²) in [5.41, 5.74) is 0.894. The first-order valence-corrected chi connectivity index (χ1v) is 11.1. The number of rotatable bonds is 5. The van der Waals surface area contributed by atoms with E-state index in [2.05, 4.69) is 12.1 Å². The summed E-state index contributed by atoms with van der Waals surface area (Å²) < 4.78 is 10.9. The van der Waals surface area contributed by atoms with Gasteiger partial charge in [0.05, 0.1) is 25.4 Å². The number of amides is 2. The molecule has 1 aromatic heterocycles. The number of thioether (sulfide) groups is 1. The molecule has 2 saturated heterocycles. The van der Waals surface area contributed by atoms with Gasteiger partial charge in [0.1, 0.15) is 0 Å². The topological polar surface area (TPSA) is 63.0 Å². The molecule has 7 heteroatoms. The number of benzene rings is 1. The third kappa shape index (κ3) is 4.85. The fourth-order valence-electron chi connectivity index (χ4n) is 3.86. The summed E-state index contributed by atoms with van der Waals surface area (Å²) >= 11 is 1.68. The Kier molecular flexibility index (Phi) is 6.56. The van der Waals surface area contributed by atoms with E-state index in [4.69, 9.17) is 9.15 Å². The number of carbonyl (C=O) groups excluding carboxylic acids is 2. The van der Waals surface area contributed by atoms with Gasteiger partial charge in [-0.3, -0.25) is 9.59 Å². The average Bonchev–Trinajstić information content (AvgIpc) is 3.26. The molecule has 0 aliphatic carbocycles. The molecule has 0 saturated carbocycles. The Balaban J connectivity index is 1.39. The molecule has 0 spiro atoms. The van der Waals surface area contributed by atoms with Crippen LogP contribution in [0.2, 0.25) is 0 Å². The summed E-state index contributed by atoms with van der Waals surface area (Å²) in [6, 6.07) is 12.0. The van der Waals surface area contributed by atoms with Gasteiger partial charge in [0, 0.05) is 42.4 Å². The Labute approximate surface area is 175 Å². The van der Waals surface area contributed by atoms with Gasteiger partial charge in [0.2, 0.25) is 5.91 Å². The molecule has 154 valence electrons. The van der Waals surface area contributed by atoms with Crippen LogP contribution in [0.4, 0.5) is 0 Å². The third-order valence-electron chi connectivity index (χ3n) is 5.46. The van der Waals surface area contributed by atoms with Crippen LogP contribution in [0.15, 0.2) is 52.0 Å². The van der Waals surface area contributed by atoms with Crippen molar-refractivity contribution >= 4 is 23.6 Å². The normalized spacial score (nSPS) is 19.9. The van der Waals surface area contributed by atoms with E-state index in [0.29, 0.717) is 50.9 Å². The van der Waals surface area contributed by atoms with E-state index >= 15 is 0 Å². The molecule has 2 aliphatic heterocycles. The predicted molar refractivity (Wildman–Crippen MR) is 111 cm³/mol. The maximum atomic E-state index is 13.1. The maximum absolute atomic E-state index is 13.1. The molecule has 2 aromatic rings. The lowest BCUT2D eigenvalue weighted by molar-refractivity contribution is -0.141. The smallest absolute Gasteiger partial charge is 0.289 e. The molecule has 6 nitrogen and oxygen atoms in total. The zero-order valence-electron chi connectivity index (χ0n) is 16.4. The Morgan fingerprint density at radius 3 is 2.62 bits per heavy atom. The summed E-state index contributed by atoms with van der Waals surface area (Å²) in [5, 5.41) is 0. The van der Waals surface area contributed by atoms with Gasteiger partial charge in [-0.25, -0.2) is 0 Å². The highest BCUT2D eigenvalue weighted by molar-refractivity contribution is 7.98. The molecular weight excluding hydrogens is 388 g/mol. The summed E-state index contributed by atoms with van der Waals surface area (Å²) in [7, 11) is 0. The monoisotopic (exact) mass is 414 g/mol. The van der Waals surface area contributed by atoms with Gasteiger partial charge in [0.25, 0.3) is 5.91 Å². The maximum Gasteiger partial charge on any atom is 0.289 e. The van der Waals surface area contributed by atoms with E-state index < -0.39 is 0 Å². The molecule has 1 atom stereocenters. The Hall–Kier alpha value is -2.25. The molecular formula is C22H26N2O4S. The van der Waals surface area contributed by atoms with E-state index in [0.717, 1.165) is 23.3 Å². The highest BCUT2D eigenvalue weighted by atomic mass is 32.2. The highest BCUT2D eigenvalue weighted by Crippen LogP contribution is 2.27. The SMILES string of the molecule is O=C(c1occc1CSc1ccccc1)N1CCCC(C(=O)N2CCOCC2)C1. The molecule has 0 N–H and O–H groups in total. The Morgan fingerprint density at radius 1 is 1.03 bits per heavy atom. The average molecular weight is 415 g/mol. The second-order valence-corrected chi connectivity index (χ2v) is 8.45. The molecule has 2 amide bonds. The fraction of sp³-hybridized carbons (Fsp3) is 0.455. The quantitative estimate of drug-likeness (QED) is 0.703. The van der Waals surface area contributed by atoms with Crippen molar-refractivity contribution in [2.75, 3.05) is 39.4 Å². The number of likely N-dealkylation sites (tertiary alicyclic amines) is 1. The van der Waals surface area contributed by atoms with Gasteiger partial charge >= 0.3 is 0 Å². The van der Waals surface area contributed by atoms with Gasteiger partial charge in [-0.1, -0.05) is 18.2 Å². The van der Waals surface area contributed by atoms with Crippen molar-refractivity contribution in [3.8, 4) is 0 Å². The lowest BCUT2D eigenvalue weighted by Crippen LogP contribution is -2.49. The molecule has 1 aromatic carbocycles. The number of furan rings is 1. The van der Waals surface area contributed by atoms with Crippen LogP contribution < -0.4 is 0 Å². The van der Waals surface area contributed by atoms with Gasteiger partial charge in [-0.15, -0.1) is 11.8 Å². The minimum Gasteiger partial charge on any atom is -0.459 e. The molecule has 3 heterocycles. The largest absolute Gasteiger partial charge is 0.459 e. The molecule has 29 heavy (non-hydrogen) atoms. The van der Waals surface area contributed by atoms with Crippen LogP contribution in [-0.2, 0) is 15.3 Å². The van der Waals surface area contributed by atoms with Gasteiger partial charge in [0.15, 0.2) is 5.76 Å². The first kappa shape index (κ1) is 20.0. The van der Waals surface area contributed by atoms with Crippen LogP contribution in [0.3, 0.4) is 0 Å². The van der Waals surface area contributed by atoms with Crippen molar-refractivity contribution in [3.05, 3.63) is 54.0 Å². The van der Waals surface area contributed by atoms with Gasteiger partial charge in [-0.2, -0.15) is 0 Å². The van der Waals surface area contributed by atoms with Gasteiger partial charge in [-0.05, 0) is 31.0 Å². The molecule has 1 unspecified atom stereocenters. The standard InChI is InChI=1S/C22H26N2O4S/c25-21(23-10-13-27-14-11-23)17-5-4-9-24(15-17)22(26)20-18(8-12-28-20)16-29-19-6-2-1-3-7-19/h1-3,6-8,12,17H,4-5,9-11,13-16H2. The molecule has 2 fully saturated rings. The minimum absolute atomic E-state index is 0.113. The number of morpholine rings is 1. The second kappa shape index (κ2) is 9.50.